The van der Waals surface area contributed by atoms with E-state index < -0.39 is 0 Å². The van der Waals surface area contributed by atoms with Crippen LogP contribution in [0.25, 0.3) is 11.3 Å². The summed E-state index contributed by atoms with van der Waals surface area (Å²) in [5.74, 6) is 0.823. The van der Waals surface area contributed by atoms with E-state index >= 15 is 0 Å². The van der Waals surface area contributed by atoms with E-state index in [9.17, 15) is 4.39 Å². The average Bonchev–Trinajstić information content (AvgIpc) is 2.59. The number of hydrogen-bond acceptors (Lipinski definition) is 3. The lowest BCUT2D eigenvalue weighted by atomic mass is 10.1. The number of oxazole rings is 1. The summed E-state index contributed by atoms with van der Waals surface area (Å²) in [4.78, 5) is 4.18. The highest BCUT2D eigenvalue weighted by molar-refractivity contribution is 5.85. The van der Waals surface area contributed by atoms with E-state index in [1.165, 1.54) is 12.1 Å². The number of rotatable bonds is 2. The van der Waals surface area contributed by atoms with Gasteiger partial charge in [-0.3, -0.25) is 0 Å². The minimum Gasteiger partial charge on any atom is -0.444 e. The Kier molecular flexibility index (Phi) is 6.16. The molecular formula is C11H13Cl2FN2O. The lowest BCUT2D eigenvalue weighted by molar-refractivity contribution is 0.477. The van der Waals surface area contributed by atoms with Gasteiger partial charge in [0.15, 0.2) is 5.89 Å². The van der Waals surface area contributed by atoms with Gasteiger partial charge in [0.2, 0.25) is 0 Å². The molecule has 0 amide bonds. The summed E-state index contributed by atoms with van der Waals surface area (Å²) in [6.07, 6.45) is 0. The van der Waals surface area contributed by atoms with Gasteiger partial charge < -0.3 is 10.2 Å². The molecule has 1 aromatic heterocycles. The van der Waals surface area contributed by atoms with Crippen LogP contribution in [0.3, 0.4) is 0 Å². The molecular weight excluding hydrogens is 266 g/mol. The molecule has 0 aliphatic rings. The van der Waals surface area contributed by atoms with Crippen LogP contribution in [0.5, 0.6) is 0 Å². The summed E-state index contributed by atoms with van der Waals surface area (Å²) in [6.45, 7) is 1.99. The molecule has 2 aromatic rings. The van der Waals surface area contributed by atoms with Gasteiger partial charge in [-0.2, -0.15) is 0 Å². The number of nitrogens with two attached hydrogens (primary N) is 1. The normalized spacial score (nSPS) is 9.35. The Morgan fingerprint density at radius 2 is 2.06 bits per heavy atom. The molecule has 0 bridgehead atoms. The second-order valence-corrected chi connectivity index (χ2v) is 3.22. The third kappa shape index (κ3) is 3.43. The minimum absolute atomic E-state index is 0. The molecule has 0 fully saturated rings. The zero-order valence-corrected chi connectivity index (χ0v) is 10.8. The van der Waals surface area contributed by atoms with Crippen molar-refractivity contribution in [2.24, 2.45) is 5.73 Å². The second-order valence-electron chi connectivity index (χ2n) is 3.22. The molecule has 3 nitrogen and oxygen atoms in total. The molecule has 2 rings (SSSR count). The van der Waals surface area contributed by atoms with Gasteiger partial charge >= 0.3 is 0 Å². The summed E-state index contributed by atoms with van der Waals surface area (Å²) < 4.78 is 18.3. The van der Waals surface area contributed by atoms with Crippen LogP contribution in [0, 0.1) is 12.7 Å². The van der Waals surface area contributed by atoms with Crippen LogP contribution in [0.4, 0.5) is 4.39 Å². The summed E-state index contributed by atoms with van der Waals surface area (Å²) in [7, 11) is 0. The molecule has 0 unspecified atom stereocenters. The van der Waals surface area contributed by atoms with Crippen LogP contribution in [0.15, 0.2) is 28.7 Å². The first kappa shape index (κ1) is 15.9. The van der Waals surface area contributed by atoms with Gasteiger partial charge in [0, 0.05) is 12.5 Å². The van der Waals surface area contributed by atoms with Gasteiger partial charge in [-0.1, -0.05) is 12.1 Å². The van der Waals surface area contributed by atoms with Crippen molar-refractivity contribution in [3.05, 3.63) is 41.7 Å². The molecule has 0 saturated carbocycles. The monoisotopic (exact) mass is 278 g/mol. The van der Waals surface area contributed by atoms with Crippen LogP contribution < -0.4 is 5.73 Å². The van der Waals surface area contributed by atoms with E-state index in [-0.39, 0.29) is 37.2 Å². The molecule has 0 radical (unpaired) electrons. The minimum atomic E-state index is -0.295. The highest BCUT2D eigenvalue weighted by Crippen LogP contribution is 2.23. The third-order valence-corrected chi connectivity index (χ3v) is 2.09. The Morgan fingerprint density at radius 3 is 2.65 bits per heavy atom. The summed E-state index contributed by atoms with van der Waals surface area (Å²) in [5.41, 5.74) is 6.82. The lowest BCUT2D eigenvalue weighted by Gasteiger charge is -1.98. The first-order valence-electron chi connectivity index (χ1n) is 4.63. The van der Waals surface area contributed by atoms with Crippen LogP contribution >= 0.6 is 24.8 Å². The zero-order valence-electron chi connectivity index (χ0n) is 9.14. The fourth-order valence-electron chi connectivity index (χ4n) is 1.47. The van der Waals surface area contributed by atoms with Crippen molar-refractivity contribution in [1.29, 1.82) is 0 Å². The van der Waals surface area contributed by atoms with E-state index in [1.807, 2.05) is 0 Å². The molecule has 0 saturated heterocycles. The van der Waals surface area contributed by atoms with Crippen LogP contribution in [-0.4, -0.2) is 4.98 Å². The van der Waals surface area contributed by atoms with Crippen molar-refractivity contribution in [3.8, 4) is 11.3 Å². The van der Waals surface area contributed by atoms with Crippen molar-refractivity contribution < 1.29 is 8.81 Å². The number of aromatic nitrogens is 1. The molecule has 94 valence electrons. The first-order valence-corrected chi connectivity index (χ1v) is 4.63. The molecule has 6 heteroatoms. The SMILES string of the molecule is Cc1nc(-c2cccc(F)c2)c(CN)o1.Cl.Cl. The van der Waals surface area contributed by atoms with Crippen molar-refractivity contribution in [2.45, 2.75) is 13.5 Å². The lowest BCUT2D eigenvalue weighted by Crippen LogP contribution is -1.96. The fourth-order valence-corrected chi connectivity index (χ4v) is 1.47. The molecule has 2 N–H and O–H groups in total. The van der Waals surface area contributed by atoms with Gasteiger partial charge in [-0.05, 0) is 12.1 Å². The maximum Gasteiger partial charge on any atom is 0.191 e. The fraction of sp³-hybridized carbons (Fsp3) is 0.182. The Morgan fingerprint density at radius 1 is 1.35 bits per heavy atom. The number of nitrogens with zero attached hydrogens (tertiary/aromatic N) is 1. The number of hydrogen-bond donors (Lipinski definition) is 1. The predicted octanol–water partition coefficient (Wildman–Crippen LogP) is 3.09. The Balaban J connectivity index is 0.00000128. The number of benzene rings is 1. The Bertz CT molecular complexity index is 488. The van der Waals surface area contributed by atoms with Gasteiger partial charge in [-0.15, -0.1) is 24.8 Å². The van der Waals surface area contributed by atoms with Crippen LogP contribution in [-0.2, 0) is 6.54 Å². The van der Waals surface area contributed by atoms with Crippen molar-refractivity contribution >= 4 is 24.8 Å². The first-order chi connectivity index (χ1) is 7.20. The molecule has 1 heterocycles. The standard InChI is InChI=1S/C11H11FN2O.2ClH/c1-7-14-11(10(6-13)15-7)8-3-2-4-9(12)5-8;;/h2-5H,6,13H2,1H3;2*1H. The maximum absolute atomic E-state index is 13.0. The molecule has 1 aromatic carbocycles. The highest BCUT2D eigenvalue weighted by Gasteiger charge is 2.11. The zero-order chi connectivity index (χ0) is 10.8. The number of halogens is 3. The second kappa shape index (κ2) is 6.59. The molecule has 17 heavy (non-hydrogen) atoms. The van der Waals surface area contributed by atoms with E-state index in [0.717, 1.165) is 0 Å². The van der Waals surface area contributed by atoms with Crippen molar-refractivity contribution in [3.63, 3.8) is 0 Å². The third-order valence-electron chi connectivity index (χ3n) is 2.09. The van der Waals surface area contributed by atoms with Gasteiger partial charge in [-0.25, -0.2) is 9.37 Å². The molecule has 0 aliphatic heterocycles. The van der Waals surface area contributed by atoms with Crippen molar-refractivity contribution in [1.82, 2.24) is 4.98 Å². The van der Waals surface area contributed by atoms with Gasteiger partial charge in [0.1, 0.15) is 17.3 Å². The molecule has 0 spiro atoms. The van der Waals surface area contributed by atoms with E-state index in [1.54, 1.807) is 19.1 Å². The van der Waals surface area contributed by atoms with Gasteiger partial charge in [0.05, 0.1) is 6.54 Å². The van der Waals surface area contributed by atoms with E-state index in [2.05, 4.69) is 4.98 Å². The van der Waals surface area contributed by atoms with Crippen LogP contribution in [0.2, 0.25) is 0 Å². The van der Waals surface area contributed by atoms with E-state index in [0.29, 0.717) is 22.9 Å². The van der Waals surface area contributed by atoms with Gasteiger partial charge in [0.25, 0.3) is 0 Å². The predicted molar refractivity (Wildman–Crippen MR) is 69.0 cm³/mol. The van der Waals surface area contributed by atoms with E-state index in [4.69, 9.17) is 10.2 Å². The Labute approximate surface area is 111 Å². The maximum atomic E-state index is 13.0. The molecule has 0 aliphatic carbocycles. The molecule has 0 atom stereocenters. The van der Waals surface area contributed by atoms with Crippen molar-refractivity contribution in [2.75, 3.05) is 0 Å². The highest BCUT2D eigenvalue weighted by atomic mass is 35.5. The summed E-state index contributed by atoms with van der Waals surface area (Å²) in [5, 5.41) is 0. The topological polar surface area (TPSA) is 52.0 Å². The van der Waals surface area contributed by atoms with Crippen LogP contribution in [0.1, 0.15) is 11.7 Å². The summed E-state index contributed by atoms with van der Waals surface area (Å²) >= 11 is 0. The smallest absolute Gasteiger partial charge is 0.191 e. The average molecular weight is 279 g/mol. The number of aryl methyl sites for hydroxylation is 1. The Hall–Kier alpha value is -1.10. The quantitative estimate of drug-likeness (QED) is 0.919. The summed E-state index contributed by atoms with van der Waals surface area (Å²) in [6, 6.07) is 6.21. The largest absolute Gasteiger partial charge is 0.444 e.